The van der Waals surface area contributed by atoms with E-state index in [-0.39, 0.29) is 16.4 Å². The number of para-hydroxylation sites is 1. The fourth-order valence-electron chi connectivity index (χ4n) is 1.67. The van der Waals surface area contributed by atoms with Crippen LogP contribution in [0.5, 0.6) is 5.75 Å². The number of nitrogens with zero attached hydrogens (tertiary/aromatic N) is 1. The number of nitro groups is 1. The number of hydrogen-bond donors (Lipinski definition) is 1. The minimum atomic E-state index is -0.543. The number of rotatable bonds is 4. The molecule has 0 atom stereocenters. The molecule has 2 rings (SSSR count). The summed E-state index contributed by atoms with van der Waals surface area (Å²) in [5.74, 6) is 0.585. The number of halogens is 2. The fourth-order valence-corrected chi connectivity index (χ4v) is 2.08. The Bertz CT molecular complexity index is 662. The van der Waals surface area contributed by atoms with Crippen LogP contribution in [0.25, 0.3) is 0 Å². The Kier molecular flexibility index (Phi) is 4.32. The smallest absolute Gasteiger partial charge is 0.311 e. The maximum Gasteiger partial charge on any atom is 0.311 e. The summed E-state index contributed by atoms with van der Waals surface area (Å²) >= 11 is 11.9. The third kappa shape index (κ3) is 2.95. The monoisotopic (exact) mass is 312 g/mol. The van der Waals surface area contributed by atoms with E-state index in [1.807, 2.05) is 0 Å². The predicted molar refractivity (Wildman–Crippen MR) is 79.4 cm³/mol. The summed E-state index contributed by atoms with van der Waals surface area (Å²) in [5, 5.41) is 14.4. The normalized spacial score (nSPS) is 10.2. The second kappa shape index (κ2) is 5.98. The molecule has 2 aromatic carbocycles. The Balaban J connectivity index is 2.45. The summed E-state index contributed by atoms with van der Waals surface area (Å²) in [6, 6.07) is 9.61. The predicted octanol–water partition coefficient (Wildman–Crippen LogP) is 4.65. The first-order valence-corrected chi connectivity index (χ1v) is 6.32. The van der Waals surface area contributed by atoms with Crippen LogP contribution >= 0.6 is 23.2 Å². The molecule has 0 aromatic heterocycles. The zero-order valence-corrected chi connectivity index (χ0v) is 11.9. The average Bonchev–Trinajstić information content (AvgIpc) is 2.41. The second-order valence-electron chi connectivity index (χ2n) is 3.86. The number of anilines is 2. The number of ether oxygens (including phenoxy) is 1. The SMILES string of the molecule is COc1ccc(Cl)c(Nc2cccc(Cl)c2[N+](=O)[O-])c1. The Morgan fingerprint density at radius 1 is 1.15 bits per heavy atom. The quantitative estimate of drug-likeness (QED) is 0.659. The number of methoxy groups -OCH3 is 1. The number of nitro benzene ring substituents is 1. The van der Waals surface area contributed by atoms with E-state index in [0.717, 1.165) is 0 Å². The van der Waals surface area contributed by atoms with Crippen molar-refractivity contribution in [1.29, 1.82) is 0 Å². The average molecular weight is 313 g/mol. The summed E-state index contributed by atoms with van der Waals surface area (Å²) in [6.45, 7) is 0. The molecule has 0 saturated heterocycles. The van der Waals surface area contributed by atoms with Gasteiger partial charge in [-0.3, -0.25) is 10.1 Å². The molecular weight excluding hydrogens is 303 g/mol. The summed E-state index contributed by atoms with van der Waals surface area (Å²) in [7, 11) is 1.52. The first-order chi connectivity index (χ1) is 9.52. The van der Waals surface area contributed by atoms with Crippen LogP contribution in [0.15, 0.2) is 36.4 Å². The third-order valence-corrected chi connectivity index (χ3v) is 3.25. The molecule has 0 unspecified atom stereocenters. The van der Waals surface area contributed by atoms with Crippen LogP contribution in [0.1, 0.15) is 0 Å². The summed E-state index contributed by atoms with van der Waals surface area (Å²) in [6.07, 6.45) is 0. The van der Waals surface area contributed by atoms with Gasteiger partial charge >= 0.3 is 5.69 Å². The van der Waals surface area contributed by atoms with Crippen LogP contribution in [-0.4, -0.2) is 12.0 Å². The van der Waals surface area contributed by atoms with Gasteiger partial charge in [-0.15, -0.1) is 0 Å². The molecule has 0 aliphatic carbocycles. The molecule has 0 fully saturated rings. The maximum absolute atomic E-state index is 11.1. The third-order valence-electron chi connectivity index (χ3n) is 2.61. The van der Waals surface area contributed by atoms with Crippen LogP contribution in [-0.2, 0) is 0 Å². The molecule has 5 nitrogen and oxygen atoms in total. The fraction of sp³-hybridized carbons (Fsp3) is 0.0769. The van der Waals surface area contributed by atoms with E-state index in [2.05, 4.69) is 5.32 Å². The highest BCUT2D eigenvalue weighted by molar-refractivity contribution is 6.34. The van der Waals surface area contributed by atoms with Crippen LogP contribution in [0.4, 0.5) is 17.1 Å². The molecule has 0 aliphatic heterocycles. The van der Waals surface area contributed by atoms with Gasteiger partial charge in [-0.1, -0.05) is 29.3 Å². The van der Waals surface area contributed by atoms with Crippen LogP contribution in [0.2, 0.25) is 10.0 Å². The molecule has 20 heavy (non-hydrogen) atoms. The molecular formula is C13H10Cl2N2O3. The van der Waals surface area contributed by atoms with E-state index in [1.54, 1.807) is 30.3 Å². The van der Waals surface area contributed by atoms with Crippen molar-refractivity contribution in [3.05, 3.63) is 56.6 Å². The van der Waals surface area contributed by atoms with E-state index < -0.39 is 4.92 Å². The molecule has 0 spiro atoms. The largest absolute Gasteiger partial charge is 0.497 e. The van der Waals surface area contributed by atoms with E-state index in [9.17, 15) is 10.1 Å². The van der Waals surface area contributed by atoms with Crippen LogP contribution in [0, 0.1) is 10.1 Å². The van der Waals surface area contributed by atoms with Crippen molar-refractivity contribution in [2.75, 3.05) is 12.4 Å². The highest BCUT2D eigenvalue weighted by atomic mass is 35.5. The number of hydrogen-bond acceptors (Lipinski definition) is 4. The first kappa shape index (κ1) is 14.4. The summed E-state index contributed by atoms with van der Waals surface area (Å²) in [4.78, 5) is 10.5. The van der Waals surface area contributed by atoms with E-state index in [4.69, 9.17) is 27.9 Å². The van der Waals surface area contributed by atoms with Gasteiger partial charge in [-0.2, -0.15) is 0 Å². The zero-order valence-electron chi connectivity index (χ0n) is 10.4. The Labute approximate surface area is 125 Å². The lowest BCUT2D eigenvalue weighted by molar-refractivity contribution is -0.383. The topological polar surface area (TPSA) is 64.4 Å². The standard InChI is InChI=1S/C13H10Cl2N2O3/c1-20-8-5-6-9(14)12(7-8)16-11-4-2-3-10(15)13(11)17(18)19/h2-7,16H,1H3. The van der Waals surface area contributed by atoms with Crippen molar-refractivity contribution < 1.29 is 9.66 Å². The highest BCUT2D eigenvalue weighted by Crippen LogP contribution is 2.36. The van der Waals surface area contributed by atoms with Gasteiger partial charge in [0.15, 0.2) is 0 Å². The Morgan fingerprint density at radius 3 is 2.55 bits per heavy atom. The second-order valence-corrected chi connectivity index (χ2v) is 4.68. The Hall–Kier alpha value is -1.98. The van der Waals surface area contributed by atoms with Gasteiger partial charge < -0.3 is 10.1 Å². The molecule has 0 radical (unpaired) electrons. The minimum absolute atomic E-state index is 0.0546. The highest BCUT2D eigenvalue weighted by Gasteiger charge is 2.19. The van der Waals surface area contributed by atoms with Gasteiger partial charge in [0.05, 0.1) is 22.7 Å². The number of benzene rings is 2. The summed E-state index contributed by atoms with van der Waals surface area (Å²) in [5.41, 5.74) is 0.557. The molecule has 0 bridgehead atoms. The van der Waals surface area contributed by atoms with Gasteiger partial charge in [-0.05, 0) is 24.3 Å². The Morgan fingerprint density at radius 2 is 1.90 bits per heavy atom. The molecule has 0 saturated carbocycles. The van der Waals surface area contributed by atoms with Crippen molar-refractivity contribution in [1.82, 2.24) is 0 Å². The van der Waals surface area contributed by atoms with Crippen molar-refractivity contribution in [3.8, 4) is 5.75 Å². The lowest BCUT2D eigenvalue weighted by Crippen LogP contribution is -1.98. The van der Waals surface area contributed by atoms with Gasteiger partial charge in [0.1, 0.15) is 16.5 Å². The zero-order chi connectivity index (χ0) is 14.7. The van der Waals surface area contributed by atoms with Crippen molar-refractivity contribution in [2.24, 2.45) is 0 Å². The molecule has 7 heteroatoms. The van der Waals surface area contributed by atoms with Crippen LogP contribution < -0.4 is 10.1 Å². The van der Waals surface area contributed by atoms with Crippen LogP contribution in [0.3, 0.4) is 0 Å². The van der Waals surface area contributed by atoms with Gasteiger partial charge in [0.25, 0.3) is 0 Å². The summed E-state index contributed by atoms with van der Waals surface area (Å²) < 4.78 is 5.09. The van der Waals surface area contributed by atoms with Gasteiger partial charge in [0.2, 0.25) is 0 Å². The lowest BCUT2D eigenvalue weighted by atomic mass is 10.2. The molecule has 104 valence electrons. The van der Waals surface area contributed by atoms with Gasteiger partial charge in [-0.25, -0.2) is 0 Å². The lowest BCUT2D eigenvalue weighted by Gasteiger charge is -2.11. The first-order valence-electron chi connectivity index (χ1n) is 5.56. The minimum Gasteiger partial charge on any atom is -0.497 e. The maximum atomic E-state index is 11.1. The van der Waals surface area contributed by atoms with Crippen molar-refractivity contribution in [3.63, 3.8) is 0 Å². The molecule has 1 N–H and O–H groups in total. The van der Waals surface area contributed by atoms with E-state index in [0.29, 0.717) is 16.5 Å². The van der Waals surface area contributed by atoms with Gasteiger partial charge in [0, 0.05) is 6.07 Å². The van der Waals surface area contributed by atoms with E-state index >= 15 is 0 Å². The van der Waals surface area contributed by atoms with Crippen molar-refractivity contribution >= 4 is 40.3 Å². The molecule has 0 amide bonds. The van der Waals surface area contributed by atoms with E-state index in [1.165, 1.54) is 13.2 Å². The molecule has 0 heterocycles. The number of nitrogens with one attached hydrogen (secondary N) is 1. The molecule has 2 aromatic rings. The molecule has 0 aliphatic rings. The van der Waals surface area contributed by atoms with Crippen molar-refractivity contribution in [2.45, 2.75) is 0 Å².